The number of anilines is 1. The number of nitrogens with two attached hydrogens (primary N) is 1. The molecular weight excluding hydrogens is 348 g/mol. The van der Waals surface area contributed by atoms with Gasteiger partial charge in [-0.25, -0.2) is 19.4 Å². The molecule has 3 aromatic heterocycles. The molecule has 0 spiro atoms. The number of nitrogen functional groups attached to an aromatic ring is 1. The van der Waals surface area contributed by atoms with Gasteiger partial charge in [0, 0.05) is 17.1 Å². The molecule has 0 saturated heterocycles. The Morgan fingerprint density at radius 3 is 2.64 bits per heavy atom. The summed E-state index contributed by atoms with van der Waals surface area (Å²) in [4.78, 5) is 20.7. The molecule has 130 valence electrons. The van der Waals surface area contributed by atoms with Crippen LogP contribution in [0.15, 0.2) is 15.9 Å². The third kappa shape index (κ3) is 3.42. The number of aryl methyl sites for hydroxylation is 2. The van der Waals surface area contributed by atoms with E-state index in [-0.39, 0.29) is 23.1 Å². The van der Waals surface area contributed by atoms with E-state index in [1.165, 1.54) is 23.6 Å². The average Bonchev–Trinajstić information content (AvgIpc) is 3.16. The number of hydrogen-bond acceptors (Lipinski definition) is 11. The summed E-state index contributed by atoms with van der Waals surface area (Å²) in [6, 6.07) is 1.87. The van der Waals surface area contributed by atoms with E-state index < -0.39 is 5.97 Å². The van der Waals surface area contributed by atoms with Gasteiger partial charge in [-0.05, 0) is 30.2 Å². The van der Waals surface area contributed by atoms with Crippen molar-refractivity contribution in [3.05, 3.63) is 28.8 Å². The molecule has 2 N–H and O–H groups in total. The van der Waals surface area contributed by atoms with Crippen molar-refractivity contribution in [1.82, 2.24) is 35.3 Å². The van der Waals surface area contributed by atoms with Gasteiger partial charge in [0.2, 0.25) is 11.6 Å². The summed E-state index contributed by atoms with van der Waals surface area (Å²) in [5.41, 5.74) is 7.86. The van der Waals surface area contributed by atoms with Gasteiger partial charge >= 0.3 is 5.97 Å². The fourth-order valence-corrected chi connectivity index (χ4v) is 3.03. The summed E-state index contributed by atoms with van der Waals surface area (Å²) in [5, 5.41) is 15.5. The van der Waals surface area contributed by atoms with Crippen LogP contribution in [0.25, 0.3) is 5.82 Å². The Morgan fingerprint density at radius 1 is 1.32 bits per heavy atom. The van der Waals surface area contributed by atoms with Gasteiger partial charge in [-0.15, -0.1) is 5.10 Å². The average molecular weight is 362 g/mol. The molecule has 0 aliphatic carbocycles. The number of carbonyl (C=O) groups excluding carboxylic acids is 1. The monoisotopic (exact) mass is 362 g/mol. The maximum atomic E-state index is 12.0. The van der Waals surface area contributed by atoms with Crippen LogP contribution in [0, 0.1) is 13.8 Å². The highest BCUT2D eigenvalue weighted by atomic mass is 32.2. The summed E-state index contributed by atoms with van der Waals surface area (Å²) < 4.78 is 10.6. The predicted octanol–water partition coefficient (Wildman–Crippen LogP) is 0.718. The van der Waals surface area contributed by atoms with Gasteiger partial charge in [-0.3, -0.25) is 0 Å². The van der Waals surface area contributed by atoms with Crippen LogP contribution in [-0.2, 0) is 10.5 Å². The quantitative estimate of drug-likeness (QED) is 0.388. The summed E-state index contributed by atoms with van der Waals surface area (Å²) in [5.74, 6) is -0.180. The first-order valence-electron chi connectivity index (χ1n) is 7.06. The highest BCUT2D eigenvalue weighted by molar-refractivity contribution is 7.98. The molecule has 0 unspecified atom stereocenters. The third-order valence-corrected chi connectivity index (χ3v) is 4.00. The zero-order valence-electron chi connectivity index (χ0n) is 13.6. The minimum atomic E-state index is -0.627. The van der Waals surface area contributed by atoms with Gasteiger partial charge in [0.05, 0.1) is 12.8 Å². The molecular formula is C13H14N8O3S. The zero-order valence-corrected chi connectivity index (χ0v) is 14.4. The standard InChI is InChI=1S/C13H14N8O3S/c1-6-4-7(2)16-13(15-6)25-5-8-9(12(22)23-3)17-20-21(8)11-10(14)18-24-19-11/h4H,5H2,1-3H3,(H2,14,18). The Morgan fingerprint density at radius 2 is 2.04 bits per heavy atom. The van der Waals surface area contributed by atoms with Gasteiger partial charge in [0.15, 0.2) is 10.9 Å². The number of aromatic nitrogens is 7. The molecule has 11 nitrogen and oxygen atoms in total. The molecule has 25 heavy (non-hydrogen) atoms. The number of hydrogen-bond donors (Lipinski definition) is 1. The number of esters is 1. The van der Waals surface area contributed by atoms with E-state index in [1.54, 1.807) is 0 Å². The highest BCUT2D eigenvalue weighted by Gasteiger charge is 2.24. The first kappa shape index (κ1) is 16.8. The second-order valence-corrected chi connectivity index (χ2v) is 5.93. The normalized spacial score (nSPS) is 10.8. The van der Waals surface area contributed by atoms with Crippen LogP contribution in [0.4, 0.5) is 5.82 Å². The molecule has 0 bridgehead atoms. The summed E-state index contributed by atoms with van der Waals surface area (Å²) in [7, 11) is 1.26. The van der Waals surface area contributed by atoms with Gasteiger partial charge in [-0.1, -0.05) is 17.0 Å². The van der Waals surface area contributed by atoms with Gasteiger partial charge in [0.25, 0.3) is 0 Å². The van der Waals surface area contributed by atoms with Crippen molar-refractivity contribution < 1.29 is 14.2 Å². The Bertz CT molecular complexity index is 902. The smallest absolute Gasteiger partial charge is 0.360 e. The van der Waals surface area contributed by atoms with Crippen molar-refractivity contribution in [2.24, 2.45) is 0 Å². The summed E-state index contributed by atoms with van der Waals surface area (Å²) in [6.07, 6.45) is 0. The molecule has 0 aliphatic rings. The van der Waals surface area contributed by atoms with E-state index in [2.05, 4.69) is 35.2 Å². The van der Waals surface area contributed by atoms with Crippen molar-refractivity contribution in [1.29, 1.82) is 0 Å². The molecule has 3 rings (SSSR count). The third-order valence-electron chi connectivity index (χ3n) is 3.14. The lowest BCUT2D eigenvalue weighted by atomic mass is 10.3. The maximum absolute atomic E-state index is 12.0. The number of ether oxygens (including phenoxy) is 1. The first-order chi connectivity index (χ1) is 12.0. The van der Waals surface area contributed by atoms with E-state index in [4.69, 9.17) is 10.5 Å². The van der Waals surface area contributed by atoms with Crippen LogP contribution in [-0.4, -0.2) is 48.4 Å². The number of methoxy groups -OCH3 is 1. The topological polar surface area (TPSA) is 148 Å². The van der Waals surface area contributed by atoms with Gasteiger partial charge in [0.1, 0.15) is 0 Å². The van der Waals surface area contributed by atoms with E-state index in [0.29, 0.717) is 10.9 Å². The van der Waals surface area contributed by atoms with E-state index in [9.17, 15) is 4.79 Å². The molecule has 0 amide bonds. The Hall–Kier alpha value is -3.02. The molecule has 0 fully saturated rings. The van der Waals surface area contributed by atoms with E-state index >= 15 is 0 Å². The minimum Gasteiger partial charge on any atom is -0.464 e. The molecule has 3 aromatic rings. The summed E-state index contributed by atoms with van der Waals surface area (Å²) >= 11 is 1.32. The SMILES string of the molecule is COC(=O)c1nnn(-c2nonc2N)c1CSc1nc(C)cc(C)n1. The Kier molecular flexibility index (Phi) is 4.61. The number of nitrogens with zero attached hydrogens (tertiary/aromatic N) is 7. The lowest BCUT2D eigenvalue weighted by molar-refractivity contribution is 0.0593. The lowest BCUT2D eigenvalue weighted by Gasteiger charge is -2.05. The molecule has 12 heteroatoms. The van der Waals surface area contributed by atoms with Crippen molar-refractivity contribution in [2.75, 3.05) is 12.8 Å². The van der Waals surface area contributed by atoms with Crippen LogP contribution in [0.3, 0.4) is 0 Å². The fourth-order valence-electron chi connectivity index (χ4n) is 2.09. The largest absolute Gasteiger partial charge is 0.464 e. The van der Waals surface area contributed by atoms with Crippen molar-refractivity contribution in [3.63, 3.8) is 0 Å². The maximum Gasteiger partial charge on any atom is 0.360 e. The number of carbonyl (C=O) groups is 1. The molecule has 0 saturated carbocycles. The van der Waals surface area contributed by atoms with Gasteiger partial charge in [-0.2, -0.15) is 4.68 Å². The van der Waals surface area contributed by atoms with Crippen LogP contribution >= 0.6 is 11.8 Å². The van der Waals surface area contributed by atoms with E-state index in [1.807, 2.05) is 19.9 Å². The molecule has 0 aromatic carbocycles. The van der Waals surface area contributed by atoms with Crippen molar-refractivity contribution in [3.8, 4) is 5.82 Å². The number of thioether (sulfide) groups is 1. The summed E-state index contributed by atoms with van der Waals surface area (Å²) in [6.45, 7) is 3.76. The van der Waals surface area contributed by atoms with Crippen LogP contribution in [0.5, 0.6) is 0 Å². The Balaban J connectivity index is 1.96. The fraction of sp³-hybridized carbons (Fsp3) is 0.308. The zero-order chi connectivity index (χ0) is 18.0. The van der Waals surface area contributed by atoms with Crippen LogP contribution < -0.4 is 5.73 Å². The highest BCUT2D eigenvalue weighted by Crippen LogP contribution is 2.24. The molecule has 3 heterocycles. The lowest BCUT2D eigenvalue weighted by Crippen LogP contribution is -2.09. The number of rotatable bonds is 5. The van der Waals surface area contributed by atoms with Crippen molar-refractivity contribution >= 4 is 23.5 Å². The molecule has 0 radical (unpaired) electrons. The minimum absolute atomic E-state index is 0.0233. The van der Waals surface area contributed by atoms with E-state index in [0.717, 1.165) is 11.4 Å². The predicted molar refractivity (Wildman–Crippen MR) is 86.0 cm³/mol. The molecule has 0 atom stereocenters. The Labute approximate surface area is 145 Å². The second-order valence-electron chi connectivity index (χ2n) is 4.98. The first-order valence-corrected chi connectivity index (χ1v) is 8.04. The molecule has 0 aliphatic heterocycles. The van der Waals surface area contributed by atoms with Crippen LogP contribution in [0.1, 0.15) is 27.6 Å². The van der Waals surface area contributed by atoms with Crippen LogP contribution in [0.2, 0.25) is 0 Å². The second kappa shape index (κ2) is 6.84. The van der Waals surface area contributed by atoms with Crippen molar-refractivity contribution in [2.45, 2.75) is 24.8 Å². The van der Waals surface area contributed by atoms with Gasteiger partial charge < -0.3 is 10.5 Å².